The SMILES string of the molecule is NCC(=O)NCC1CCCS1(=O)=O. The quantitative estimate of drug-likeness (QED) is 0.596. The van der Waals surface area contributed by atoms with Gasteiger partial charge in [0.05, 0.1) is 17.5 Å². The first-order valence-corrected chi connectivity index (χ1v) is 5.96. The van der Waals surface area contributed by atoms with Gasteiger partial charge in [0.2, 0.25) is 5.91 Å². The Hall–Kier alpha value is -0.620. The van der Waals surface area contributed by atoms with Crippen molar-refractivity contribution < 1.29 is 13.2 Å². The molecule has 1 amide bonds. The normalized spacial score (nSPS) is 25.8. The van der Waals surface area contributed by atoms with Gasteiger partial charge in [0.15, 0.2) is 9.84 Å². The summed E-state index contributed by atoms with van der Waals surface area (Å²) in [4.78, 5) is 10.7. The van der Waals surface area contributed by atoms with Crippen molar-refractivity contribution in [1.82, 2.24) is 5.32 Å². The lowest BCUT2D eigenvalue weighted by atomic mass is 10.2. The van der Waals surface area contributed by atoms with Crippen LogP contribution in [0.1, 0.15) is 12.8 Å². The Morgan fingerprint density at radius 3 is 2.69 bits per heavy atom. The van der Waals surface area contributed by atoms with Gasteiger partial charge >= 0.3 is 0 Å². The van der Waals surface area contributed by atoms with Gasteiger partial charge in [-0.05, 0) is 12.8 Å². The number of carbonyl (C=O) groups is 1. The van der Waals surface area contributed by atoms with Gasteiger partial charge in [-0.1, -0.05) is 0 Å². The third kappa shape index (κ3) is 2.67. The molecule has 6 heteroatoms. The number of hydrogen-bond donors (Lipinski definition) is 2. The van der Waals surface area contributed by atoms with Gasteiger partial charge in [-0.25, -0.2) is 8.42 Å². The molecular formula is C7H14N2O3S. The molecular weight excluding hydrogens is 192 g/mol. The van der Waals surface area contributed by atoms with Crippen LogP contribution in [0.15, 0.2) is 0 Å². The van der Waals surface area contributed by atoms with Crippen molar-refractivity contribution in [2.24, 2.45) is 5.73 Å². The second-order valence-electron chi connectivity index (χ2n) is 3.14. The van der Waals surface area contributed by atoms with Crippen molar-refractivity contribution >= 4 is 15.7 Å². The molecule has 5 nitrogen and oxygen atoms in total. The van der Waals surface area contributed by atoms with E-state index >= 15 is 0 Å². The number of nitrogens with one attached hydrogen (secondary N) is 1. The highest BCUT2D eigenvalue weighted by Crippen LogP contribution is 2.18. The fourth-order valence-electron chi connectivity index (χ4n) is 1.39. The molecule has 0 spiro atoms. The van der Waals surface area contributed by atoms with E-state index in [-0.39, 0.29) is 24.7 Å². The Labute approximate surface area is 77.6 Å². The molecule has 0 aliphatic carbocycles. The highest BCUT2D eigenvalue weighted by atomic mass is 32.2. The predicted octanol–water partition coefficient (Wildman–Crippen LogP) is -1.36. The molecule has 1 aliphatic heterocycles. The number of nitrogens with two attached hydrogens (primary N) is 1. The smallest absolute Gasteiger partial charge is 0.233 e. The number of rotatable bonds is 3. The van der Waals surface area contributed by atoms with Gasteiger partial charge in [0.25, 0.3) is 0 Å². The number of sulfone groups is 1. The number of carbonyl (C=O) groups excluding carboxylic acids is 1. The zero-order valence-corrected chi connectivity index (χ0v) is 8.14. The van der Waals surface area contributed by atoms with E-state index < -0.39 is 15.1 Å². The summed E-state index contributed by atoms with van der Waals surface area (Å²) < 4.78 is 22.6. The van der Waals surface area contributed by atoms with Gasteiger partial charge in [0.1, 0.15) is 0 Å². The lowest BCUT2D eigenvalue weighted by molar-refractivity contribution is -0.119. The van der Waals surface area contributed by atoms with E-state index in [2.05, 4.69) is 5.32 Å². The van der Waals surface area contributed by atoms with Crippen molar-refractivity contribution in [1.29, 1.82) is 0 Å². The van der Waals surface area contributed by atoms with Crippen molar-refractivity contribution in [2.75, 3.05) is 18.8 Å². The topological polar surface area (TPSA) is 89.3 Å². The fraction of sp³-hybridized carbons (Fsp3) is 0.857. The number of hydrogen-bond acceptors (Lipinski definition) is 4. The molecule has 1 unspecified atom stereocenters. The van der Waals surface area contributed by atoms with Crippen LogP contribution in [-0.2, 0) is 14.6 Å². The van der Waals surface area contributed by atoms with Crippen molar-refractivity contribution in [3.8, 4) is 0 Å². The van der Waals surface area contributed by atoms with E-state index in [0.29, 0.717) is 12.8 Å². The molecule has 1 atom stereocenters. The Kier molecular flexibility index (Phi) is 3.27. The predicted molar refractivity (Wildman–Crippen MR) is 48.9 cm³/mol. The molecule has 1 saturated heterocycles. The van der Waals surface area contributed by atoms with Crippen LogP contribution in [0.2, 0.25) is 0 Å². The average Bonchev–Trinajstić information content (AvgIpc) is 2.41. The van der Waals surface area contributed by atoms with E-state index in [4.69, 9.17) is 5.73 Å². The van der Waals surface area contributed by atoms with Gasteiger partial charge in [-0.3, -0.25) is 4.79 Å². The first-order valence-electron chi connectivity index (χ1n) is 4.24. The van der Waals surface area contributed by atoms with Crippen LogP contribution in [-0.4, -0.2) is 38.4 Å². The summed E-state index contributed by atoms with van der Waals surface area (Å²) in [5.41, 5.74) is 5.06. The lowest BCUT2D eigenvalue weighted by Crippen LogP contribution is -2.37. The minimum atomic E-state index is -2.95. The Bertz CT molecular complexity index is 286. The molecule has 0 aromatic heterocycles. The monoisotopic (exact) mass is 206 g/mol. The van der Waals surface area contributed by atoms with E-state index in [0.717, 1.165) is 0 Å². The summed E-state index contributed by atoms with van der Waals surface area (Å²) in [6, 6.07) is 0. The highest BCUT2D eigenvalue weighted by molar-refractivity contribution is 7.92. The number of amides is 1. The lowest BCUT2D eigenvalue weighted by Gasteiger charge is -2.09. The summed E-state index contributed by atoms with van der Waals surface area (Å²) in [5, 5.41) is 2.09. The average molecular weight is 206 g/mol. The van der Waals surface area contributed by atoms with Gasteiger partial charge in [0, 0.05) is 6.54 Å². The molecule has 76 valence electrons. The maximum Gasteiger partial charge on any atom is 0.233 e. The Morgan fingerprint density at radius 1 is 1.54 bits per heavy atom. The van der Waals surface area contributed by atoms with Crippen LogP contribution in [0, 0.1) is 0 Å². The first kappa shape index (κ1) is 10.5. The van der Waals surface area contributed by atoms with Crippen molar-refractivity contribution in [3.63, 3.8) is 0 Å². The highest BCUT2D eigenvalue weighted by Gasteiger charge is 2.30. The molecule has 0 radical (unpaired) electrons. The van der Waals surface area contributed by atoms with Gasteiger partial charge in [-0.2, -0.15) is 0 Å². The molecule has 0 aromatic carbocycles. The first-order chi connectivity index (χ1) is 6.06. The second-order valence-corrected chi connectivity index (χ2v) is 5.54. The molecule has 13 heavy (non-hydrogen) atoms. The van der Waals surface area contributed by atoms with Crippen LogP contribution in [0.3, 0.4) is 0 Å². The zero-order valence-electron chi connectivity index (χ0n) is 7.32. The van der Waals surface area contributed by atoms with Crippen LogP contribution in [0.4, 0.5) is 0 Å². The van der Waals surface area contributed by atoms with Gasteiger partial charge in [-0.15, -0.1) is 0 Å². The molecule has 3 N–H and O–H groups in total. The Balaban J connectivity index is 2.42. The molecule has 1 aliphatic rings. The Morgan fingerprint density at radius 2 is 2.23 bits per heavy atom. The third-order valence-electron chi connectivity index (χ3n) is 2.18. The summed E-state index contributed by atoms with van der Waals surface area (Å²) in [6.45, 7) is 0.116. The minimum absolute atomic E-state index is 0.0905. The summed E-state index contributed by atoms with van der Waals surface area (Å²) in [7, 11) is -2.95. The summed E-state index contributed by atoms with van der Waals surface area (Å²) >= 11 is 0. The minimum Gasteiger partial charge on any atom is -0.354 e. The molecule has 1 fully saturated rings. The zero-order chi connectivity index (χ0) is 9.90. The van der Waals surface area contributed by atoms with Gasteiger partial charge < -0.3 is 11.1 Å². The standard InChI is InChI=1S/C7H14N2O3S/c8-4-7(10)9-5-6-2-1-3-13(6,11)12/h6H,1-5,8H2,(H,9,10). The maximum atomic E-state index is 11.3. The van der Waals surface area contributed by atoms with Crippen molar-refractivity contribution in [3.05, 3.63) is 0 Å². The summed E-state index contributed by atoms with van der Waals surface area (Å²) in [5.74, 6) is -0.0574. The van der Waals surface area contributed by atoms with E-state index in [9.17, 15) is 13.2 Å². The van der Waals surface area contributed by atoms with E-state index in [1.54, 1.807) is 0 Å². The van der Waals surface area contributed by atoms with E-state index in [1.807, 2.05) is 0 Å². The van der Waals surface area contributed by atoms with Crippen LogP contribution in [0.25, 0.3) is 0 Å². The maximum absolute atomic E-state index is 11.3. The van der Waals surface area contributed by atoms with Crippen LogP contribution >= 0.6 is 0 Å². The van der Waals surface area contributed by atoms with Crippen LogP contribution < -0.4 is 11.1 Å². The largest absolute Gasteiger partial charge is 0.354 e. The molecule has 1 rings (SSSR count). The molecule has 0 aromatic rings. The van der Waals surface area contributed by atoms with Crippen molar-refractivity contribution in [2.45, 2.75) is 18.1 Å². The third-order valence-corrected chi connectivity index (χ3v) is 4.45. The second kappa shape index (κ2) is 4.06. The molecule has 1 heterocycles. The van der Waals surface area contributed by atoms with E-state index in [1.165, 1.54) is 0 Å². The molecule has 0 bridgehead atoms. The fourth-order valence-corrected chi connectivity index (χ4v) is 3.15. The molecule has 0 saturated carbocycles. The van der Waals surface area contributed by atoms with Crippen LogP contribution in [0.5, 0.6) is 0 Å². The summed E-state index contributed by atoms with van der Waals surface area (Å²) in [6.07, 6.45) is 1.35.